The molecular weight excluding hydrogens is 342 g/mol. The Hall–Kier alpha value is -1.92. The van der Waals surface area contributed by atoms with Crippen molar-refractivity contribution < 1.29 is 9.59 Å². The van der Waals surface area contributed by atoms with Crippen molar-refractivity contribution in [2.75, 3.05) is 19.6 Å². The maximum absolute atomic E-state index is 12.9. The highest BCUT2D eigenvalue weighted by Gasteiger charge is 2.45. The Morgan fingerprint density at radius 3 is 2.52 bits per heavy atom. The molecule has 4 rings (SSSR count). The van der Waals surface area contributed by atoms with Crippen molar-refractivity contribution in [3.8, 4) is 0 Å². The van der Waals surface area contributed by atoms with Crippen LogP contribution in [-0.2, 0) is 16.1 Å². The third-order valence-corrected chi connectivity index (χ3v) is 6.65. The van der Waals surface area contributed by atoms with E-state index >= 15 is 0 Å². The summed E-state index contributed by atoms with van der Waals surface area (Å²) in [5.74, 6) is 2.06. The van der Waals surface area contributed by atoms with Gasteiger partial charge in [0, 0.05) is 32.1 Å². The molecule has 1 aromatic rings. The minimum atomic E-state index is -0.102. The van der Waals surface area contributed by atoms with Crippen LogP contribution in [0.2, 0.25) is 0 Å². The second kappa shape index (κ2) is 6.91. The van der Waals surface area contributed by atoms with Crippen molar-refractivity contribution in [3.63, 3.8) is 0 Å². The van der Waals surface area contributed by atoms with Crippen molar-refractivity contribution >= 4 is 11.8 Å². The second-order valence-electron chi connectivity index (χ2n) is 8.87. The van der Waals surface area contributed by atoms with Gasteiger partial charge in [0.05, 0.1) is 12.5 Å². The van der Waals surface area contributed by atoms with Gasteiger partial charge in [-0.05, 0) is 51.4 Å². The Morgan fingerprint density at radius 2 is 1.93 bits per heavy atom. The molecule has 7 heteroatoms. The molecule has 0 bridgehead atoms. The first-order valence-electron chi connectivity index (χ1n) is 10.3. The Balaban J connectivity index is 1.33. The molecule has 3 heterocycles. The summed E-state index contributed by atoms with van der Waals surface area (Å²) in [5.41, 5.74) is 0.232. The monoisotopic (exact) mass is 373 g/mol. The summed E-state index contributed by atoms with van der Waals surface area (Å²) in [7, 11) is 0. The van der Waals surface area contributed by atoms with Gasteiger partial charge in [0.15, 0.2) is 0 Å². The van der Waals surface area contributed by atoms with Gasteiger partial charge in [-0.1, -0.05) is 6.92 Å². The lowest BCUT2D eigenvalue weighted by molar-refractivity contribution is -0.144. The van der Waals surface area contributed by atoms with Crippen molar-refractivity contribution in [2.24, 2.45) is 11.3 Å². The number of aromatic nitrogens is 3. The van der Waals surface area contributed by atoms with E-state index < -0.39 is 0 Å². The Bertz CT molecular complexity index is 731. The molecular formula is C20H31N5O2. The van der Waals surface area contributed by atoms with Crippen LogP contribution in [0.1, 0.15) is 57.1 Å². The number of amides is 2. The molecule has 1 spiro atoms. The van der Waals surface area contributed by atoms with Crippen LogP contribution in [0.4, 0.5) is 0 Å². The standard InChI is InChI=1S/C20H31N5O2/c1-14(12-25-16(3)21-15(2)22-25)19(27)23-10-8-20(9-11-23)7-6-18(26)24(13-20)17-4-5-17/h14,17H,4-13H2,1-3H3. The van der Waals surface area contributed by atoms with Crippen LogP contribution in [0.15, 0.2) is 0 Å². The number of likely N-dealkylation sites (tertiary alicyclic amines) is 2. The van der Waals surface area contributed by atoms with Crippen LogP contribution >= 0.6 is 0 Å². The first-order valence-corrected chi connectivity index (χ1v) is 10.3. The molecule has 148 valence electrons. The fourth-order valence-corrected chi connectivity index (χ4v) is 4.76. The summed E-state index contributed by atoms with van der Waals surface area (Å²) >= 11 is 0. The molecule has 2 aliphatic heterocycles. The van der Waals surface area contributed by atoms with E-state index in [4.69, 9.17) is 0 Å². The number of nitrogens with zero attached hydrogens (tertiary/aromatic N) is 5. The largest absolute Gasteiger partial charge is 0.342 e. The molecule has 0 aromatic carbocycles. The number of piperidine rings is 2. The molecule has 0 radical (unpaired) electrons. The van der Waals surface area contributed by atoms with Crippen molar-refractivity contribution in [2.45, 2.75) is 71.9 Å². The van der Waals surface area contributed by atoms with Crippen molar-refractivity contribution in [3.05, 3.63) is 11.6 Å². The maximum Gasteiger partial charge on any atom is 0.227 e. The van der Waals surface area contributed by atoms with E-state index in [0.717, 1.165) is 50.5 Å². The van der Waals surface area contributed by atoms with E-state index in [1.54, 1.807) is 0 Å². The van der Waals surface area contributed by atoms with E-state index in [9.17, 15) is 9.59 Å². The summed E-state index contributed by atoms with van der Waals surface area (Å²) in [4.78, 5) is 33.6. The first kappa shape index (κ1) is 18.4. The van der Waals surface area contributed by atoms with E-state index in [1.165, 1.54) is 12.8 Å². The smallest absolute Gasteiger partial charge is 0.227 e. The molecule has 0 N–H and O–H groups in total. The van der Waals surface area contributed by atoms with Gasteiger partial charge < -0.3 is 9.80 Å². The van der Waals surface area contributed by atoms with E-state index in [-0.39, 0.29) is 17.2 Å². The second-order valence-corrected chi connectivity index (χ2v) is 8.87. The highest BCUT2D eigenvalue weighted by atomic mass is 16.2. The van der Waals surface area contributed by atoms with Gasteiger partial charge in [0.1, 0.15) is 11.6 Å². The van der Waals surface area contributed by atoms with E-state index in [1.807, 2.05) is 30.4 Å². The Kier molecular flexibility index (Phi) is 4.72. The number of rotatable bonds is 4. The molecule has 1 atom stereocenters. The number of aryl methyl sites for hydroxylation is 2. The van der Waals surface area contributed by atoms with Gasteiger partial charge in [-0.25, -0.2) is 9.67 Å². The van der Waals surface area contributed by atoms with E-state index in [0.29, 0.717) is 24.9 Å². The lowest BCUT2D eigenvalue weighted by atomic mass is 9.72. The predicted octanol–water partition coefficient (Wildman–Crippen LogP) is 1.92. The Morgan fingerprint density at radius 1 is 1.22 bits per heavy atom. The molecule has 3 fully saturated rings. The summed E-state index contributed by atoms with van der Waals surface area (Å²) in [6.07, 6.45) is 6.05. The molecule has 27 heavy (non-hydrogen) atoms. The molecule has 1 saturated carbocycles. The normalized spacial score (nSPS) is 23.7. The molecule has 1 aromatic heterocycles. The van der Waals surface area contributed by atoms with Crippen molar-refractivity contribution in [1.82, 2.24) is 24.6 Å². The minimum absolute atomic E-state index is 0.102. The summed E-state index contributed by atoms with van der Waals surface area (Å²) in [6.45, 7) is 8.90. The SMILES string of the molecule is Cc1nc(C)n(CC(C)C(=O)N2CCC3(CCC(=O)N(C4CC4)C3)CC2)n1. The average Bonchev–Trinajstić information content (AvgIpc) is 3.43. The van der Waals surface area contributed by atoms with Crippen LogP contribution < -0.4 is 0 Å². The highest BCUT2D eigenvalue weighted by Crippen LogP contribution is 2.43. The molecule has 1 aliphatic carbocycles. The van der Waals surface area contributed by atoms with Crippen LogP contribution in [0.5, 0.6) is 0 Å². The van der Waals surface area contributed by atoms with Crippen LogP contribution in [-0.4, -0.2) is 62.1 Å². The molecule has 3 aliphatic rings. The number of carbonyl (C=O) groups excluding carboxylic acids is 2. The Labute approximate surface area is 161 Å². The maximum atomic E-state index is 12.9. The van der Waals surface area contributed by atoms with Gasteiger partial charge in [0.2, 0.25) is 11.8 Å². The first-order chi connectivity index (χ1) is 12.9. The van der Waals surface area contributed by atoms with E-state index in [2.05, 4.69) is 15.0 Å². The van der Waals surface area contributed by atoms with Crippen LogP contribution in [0, 0.1) is 25.2 Å². The van der Waals surface area contributed by atoms with Crippen molar-refractivity contribution in [1.29, 1.82) is 0 Å². The number of hydrogen-bond donors (Lipinski definition) is 0. The quantitative estimate of drug-likeness (QED) is 0.808. The summed E-state index contributed by atoms with van der Waals surface area (Å²) in [6, 6.07) is 0.503. The van der Waals surface area contributed by atoms with Crippen LogP contribution in [0.25, 0.3) is 0 Å². The summed E-state index contributed by atoms with van der Waals surface area (Å²) in [5, 5.41) is 4.38. The number of carbonyl (C=O) groups is 2. The van der Waals surface area contributed by atoms with Gasteiger partial charge in [0.25, 0.3) is 0 Å². The predicted molar refractivity (Wildman–Crippen MR) is 101 cm³/mol. The zero-order chi connectivity index (χ0) is 19.2. The topological polar surface area (TPSA) is 71.3 Å². The summed E-state index contributed by atoms with van der Waals surface area (Å²) < 4.78 is 1.84. The third kappa shape index (κ3) is 3.73. The fraction of sp³-hybridized carbons (Fsp3) is 0.800. The van der Waals surface area contributed by atoms with Gasteiger partial charge in [-0.3, -0.25) is 9.59 Å². The zero-order valence-electron chi connectivity index (χ0n) is 16.8. The lowest BCUT2D eigenvalue weighted by Gasteiger charge is -2.48. The molecule has 2 saturated heterocycles. The van der Waals surface area contributed by atoms with Gasteiger partial charge >= 0.3 is 0 Å². The fourth-order valence-electron chi connectivity index (χ4n) is 4.76. The number of hydrogen-bond acceptors (Lipinski definition) is 4. The average molecular weight is 374 g/mol. The molecule has 1 unspecified atom stereocenters. The molecule has 7 nitrogen and oxygen atoms in total. The van der Waals surface area contributed by atoms with Gasteiger partial charge in [-0.2, -0.15) is 5.10 Å². The van der Waals surface area contributed by atoms with Crippen LogP contribution in [0.3, 0.4) is 0 Å². The zero-order valence-corrected chi connectivity index (χ0v) is 16.8. The molecule has 2 amide bonds. The third-order valence-electron chi connectivity index (χ3n) is 6.65. The highest BCUT2D eigenvalue weighted by molar-refractivity contribution is 5.79. The lowest BCUT2D eigenvalue weighted by Crippen LogP contribution is -2.53. The minimum Gasteiger partial charge on any atom is -0.342 e. The van der Waals surface area contributed by atoms with Gasteiger partial charge in [-0.15, -0.1) is 0 Å².